The van der Waals surface area contributed by atoms with E-state index in [-0.39, 0.29) is 24.1 Å². The Bertz CT molecular complexity index is 607. The summed E-state index contributed by atoms with van der Waals surface area (Å²) in [5.74, 6) is -1.56. The van der Waals surface area contributed by atoms with Gasteiger partial charge in [0.2, 0.25) is 10.0 Å². The first-order valence-electron chi connectivity index (χ1n) is 6.90. The molecular formula is C14H20F2N2O2S. The van der Waals surface area contributed by atoms with E-state index in [1.807, 2.05) is 6.92 Å². The minimum atomic E-state index is -3.17. The van der Waals surface area contributed by atoms with Gasteiger partial charge >= 0.3 is 0 Å². The molecule has 118 valence electrons. The quantitative estimate of drug-likeness (QED) is 0.920. The molecule has 2 atom stereocenters. The lowest BCUT2D eigenvalue weighted by Gasteiger charge is -2.36. The van der Waals surface area contributed by atoms with Crippen molar-refractivity contribution >= 4 is 10.0 Å². The third-order valence-electron chi connectivity index (χ3n) is 3.92. The molecule has 1 saturated heterocycles. The Morgan fingerprint density at radius 3 is 2.71 bits per heavy atom. The van der Waals surface area contributed by atoms with Crippen molar-refractivity contribution in [3.8, 4) is 0 Å². The molecule has 0 saturated carbocycles. The predicted molar refractivity (Wildman–Crippen MR) is 77.2 cm³/mol. The molecule has 0 bridgehead atoms. The van der Waals surface area contributed by atoms with Crippen LogP contribution in [0, 0.1) is 17.6 Å². The lowest BCUT2D eigenvalue weighted by Crippen LogP contribution is -2.49. The van der Waals surface area contributed by atoms with Crippen LogP contribution in [0.3, 0.4) is 0 Å². The Labute approximate surface area is 124 Å². The van der Waals surface area contributed by atoms with Gasteiger partial charge in [-0.25, -0.2) is 21.5 Å². The Morgan fingerprint density at radius 2 is 2.10 bits per heavy atom. The monoisotopic (exact) mass is 318 g/mol. The van der Waals surface area contributed by atoms with E-state index in [0.29, 0.717) is 19.5 Å². The lowest BCUT2D eigenvalue weighted by atomic mass is 9.95. The van der Waals surface area contributed by atoms with Crippen molar-refractivity contribution in [1.29, 1.82) is 0 Å². The molecule has 1 aromatic rings. The van der Waals surface area contributed by atoms with Gasteiger partial charge in [-0.15, -0.1) is 0 Å². The maximum atomic E-state index is 13.6. The molecule has 21 heavy (non-hydrogen) atoms. The highest BCUT2D eigenvalue weighted by Crippen LogP contribution is 2.20. The second kappa shape index (κ2) is 6.37. The van der Waals surface area contributed by atoms with E-state index in [1.165, 1.54) is 16.6 Å². The Kier molecular flexibility index (Phi) is 4.95. The Hall–Kier alpha value is -1.05. The lowest BCUT2D eigenvalue weighted by molar-refractivity contribution is 0.219. The zero-order valence-corrected chi connectivity index (χ0v) is 13.0. The molecule has 1 aromatic carbocycles. The van der Waals surface area contributed by atoms with Crippen molar-refractivity contribution in [3.63, 3.8) is 0 Å². The van der Waals surface area contributed by atoms with Gasteiger partial charge in [-0.1, -0.05) is 19.1 Å². The number of nitrogens with one attached hydrogen (secondary N) is 1. The highest BCUT2D eigenvalue weighted by atomic mass is 32.2. The van der Waals surface area contributed by atoms with Gasteiger partial charge in [0.25, 0.3) is 0 Å². The molecule has 0 unspecified atom stereocenters. The summed E-state index contributed by atoms with van der Waals surface area (Å²) in [4.78, 5) is 0. The Morgan fingerprint density at radius 1 is 1.38 bits per heavy atom. The molecule has 7 heteroatoms. The highest BCUT2D eigenvalue weighted by molar-refractivity contribution is 7.88. The van der Waals surface area contributed by atoms with Gasteiger partial charge < -0.3 is 5.32 Å². The van der Waals surface area contributed by atoms with E-state index in [0.717, 1.165) is 6.07 Å². The number of piperidine rings is 1. The molecule has 0 aromatic heterocycles. The van der Waals surface area contributed by atoms with Crippen molar-refractivity contribution in [3.05, 3.63) is 35.4 Å². The van der Waals surface area contributed by atoms with Crippen LogP contribution in [-0.2, 0) is 16.6 Å². The minimum absolute atomic E-state index is 0.0886. The number of sulfonamides is 1. The molecule has 1 aliphatic heterocycles. The molecule has 1 N–H and O–H groups in total. The summed E-state index contributed by atoms with van der Waals surface area (Å²) in [6, 6.07) is 4.20. The summed E-state index contributed by atoms with van der Waals surface area (Å²) in [6.45, 7) is 3.09. The summed E-state index contributed by atoms with van der Waals surface area (Å²) in [7, 11) is -3.17. The summed E-state index contributed by atoms with van der Waals surface area (Å²) >= 11 is 0. The third-order valence-corrected chi connectivity index (χ3v) is 5.19. The van der Waals surface area contributed by atoms with Crippen LogP contribution in [0.4, 0.5) is 8.78 Å². The van der Waals surface area contributed by atoms with Crippen LogP contribution in [0.2, 0.25) is 0 Å². The normalized spacial score (nSPS) is 24.2. The van der Waals surface area contributed by atoms with Gasteiger partial charge in [0.05, 0.1) is 6.26 Å². The van der Waals surface area contributed by atoms with E-state index >= 15 is 0 Å². The standard InChI is InChI=1S/C14H20F2N2O2S/c1-10-9-18(21(2,19)20)7-6-13(10)17-8-11-4-3-5-12(15)14(11)16/h3-5,10,13,17H,6-9H2,1-2H3/t10-,13-/m0/s1. The van der Waals surface area contributed by atoms with E-state index in [1.54, 1.807) is 6.07 Å². The fourth-order valence-corrected chi connectivity index (χ4v) is 3.58. The molecule has 0 radical (unpaired) electrons. The van der Waals surface area contributed by atoms with Crippen molar-refractivity contribution < 1.29 is 17.2 Å². The smallest absolute Gasteiger partial charge is 0.211 e. The molecule has 1 heterocycles. The number of hydrogen-bond donors (Lipinski definition) is 1. The first-order chi connectivity index (χ1) is 9.79. The predicted octanol–water partition coefficient (Wildman–Crippen LogP) is 1.72. The van der Waals surface area contributed by atoms with Crippen molar-refractivity contribution in [2.24, 2.45) is 5.92 Å². The van der Waals surface area contributed by atoms with Crippen LogP contribution in [0.15, 0.2) is 18.2 Å². The second-order valence-corrected chi connectivity index (χ2v) is 7.57. The zero-order valence-electron chi connectivity index (χ0n) is 12.1. The summed E-state index contributed by atoms with van der Waals surface area (Å²) < 4.78 is 51.2. The molecule has 4 nitrogen and oxygen atoms in total. The first kappa shape index (κ1) is 16.3. The average molecular weight is 318 g/mol. The molecule has 0 spiro atoms. The van der Waals surface area contributed by atoms with Crippen LogP contribution < -0.4 is 5.32 Å². The molecule has 0 amide bonds. The molecule has 2 rings (SSSR count). The maximum absolute atomic E-state index is 13.6. The first-order valence-corrected chi connectivity index (χ1v) is 8.75. The summed E-state index contributed by atoms with van der Waals surface area (Å²) in [6.07, 6.45) is 1.86. The van der Waals surface area contributed by atoms with Gasteiger partial charge in [0.1, 0.15) is 0 Å². The van der Waals surface area contributed by atoms with Crippen LogP contribution >= 0.6 is 0 Å². The topological polar surface area (TPSA) is 49.4 Å². The molecule has 1 aliphatic rings. The van der Waals surface area contributed by atoms with Gasteiger partial charge in [-0.05, 0) is 18.4 Å². The van der Waals surface area contributed by atoms with Crippen LogP contribution in [0.25, 0.3) is 0 Å². The maximum Gasteiger partial charge on any atom is 0.211 e. The van der Waals surface area contributed by atoms with Gasteiger partial charge in [-0.2, -0.15) is 0 Å². The Balaban J connectivity index is 1.95. The summed E-state index contributed by atoms with van der Waals surface area (Å²) in [5, 5.41) is 3.20. The van der Waals surface area contributed by atoms with Gasteiger partial charge in [0, 0.05) is 31.2 Å². The third kappa shape index (κ3) is 3.99. The SMILES string of the molecule is C[C@H]1CN(S(C)(=O)=O)CC[C@@H]1NCc1cccc(F)c1F. The van der Waals surface area contributed by atoms with E-state index in [4.69, 9.17) is 0 Å². The zero-order chi connectivity index (χ0) is 15.6. The van der Waals surface area contributed by atoms with Crippen molar-refractivity contribution in [1.82, 2.24) is 9.62 Å². The largest absolute Gasteiger partial charge is 0.309 e. The molecular weight excluding hydrogens is 298 g/mol. The van der Waals surface area contributed by atoms with Crippen LogP contribution in [0.5, 0.6) is 0 Å². The number of benzene rings is 1. The molecule has 0 aliphatic carbocycles. The fraction of sp³-hybridized carbons (Fsp3) is 0.571. The second-order valence-electron chi connectivity index (χ2n) is 5.59. The van der Waals surface area contributed by atoms with Gasteiger partial charge in [0.15, 0.2) is 11.6 Å². The van der Waals surface area contributed by atoms with Crippen molar-refractivity contribution in [2.75, 3.05) is 19.3 Å². The van der Waals surface area contributed by atoms with E-state index < -0.39 is 21.7 Å². The number of nitrogens with zero attached hydrogens (tertiary/aromatic N) is 1. The number of rotatable bonds is 4. The summed E-state index contributed by atoms with van der Waals surface area (Å²) in [5.41, 5.74) is 0.285. The number of hydrogen-bond acceptors (Lipinski definition) is 3. The fourth-order valence-electron chi connectivity index (χ4n) is 2.64. The van der Waals surface area contributed by atoms with Crippen molar-refractivity contribution in [2.45, 2.75) is 25.9 Å². The number of halogens is 2. The van der Waals surface area contributed by atoms with E-state index in [2.05, 4.69) is 5.32 Å². The highest BCUT2D eigenvalue weighted by Gasteiger charge is 2.30. The van der Waals surface area contributed by atoms with Gasteiger partial charge in [-0.3, -0.25) is 0 Å². The van der Waals surface area contributed by atoms with Crippen LogP contribution in [-0.4, -0.2) is 38.1 Å². The van der Waals surface area contributed by atoms with Crippen LogP contribution in [0.1, 0.15) is 18.9 Å². The minimum Gasteiger partial charge on any atom is -0.309 e. The van der Waals surface area contributed by atoms with E-state index in [9.17, 15) is 17.2 Å². The average Bonchev–Trinajstić information content (AvgIpc) is 2.40. The molecule has 1 fully saturated rings.